The topological polar surface area (TPSA) is 65.7 Å². The molecule has 0 fully saturated rings. The van der Waals surface area contributed by atoms with Gasteiger partial charge in [0.15, 0.2) is 0 Å². The fourth-order valence-electron chi connectivity index (χ4n) is 1.77. The summed E-state index contributed by atoms with van der Waals surface area (Å²) in [6.45, 7) is 2.90. The van der Waals surface area contributed by atoms with Gasteiger partial charge in [-0.1, -0.05) is 0 Å². The van der Waals surface area contributed by atoms with Crippen molar-refractivity contribution in [2.45, 2.75) is 20.0 Å². The van der Waals surface area contributed by atoms with E-state index in [0.717, 1.165) is 6.07 Å². The first-order valence-corrected chi connectivity index (χ1v) is 6.12. The molecule has 0 saturated heterocycles. The molecule has 0 N–H and O–H groups in total. The molecule has 0 spiro atoms. The number of rotatable bonds is 4. The van der Waals surface area contributed by atoms with E-state index in [0.29, 0.717) is 10.9 Å². The normalized spacial score (nSPS) is 11.4. The van der Waals surface area contributed by atoms with Gasteiger partial charge in [0.2, 0.25) is 0 Å². The van der Waals surface area contributed by atoms with Gasteiger partial charge >= 0.3 is 17.7 Å². The molecule has 1 aromatic heterocycles. The predicted octanol–water partition coefficient (Wildman–Crippen LogP) is 2.64. The second-order valence-corrected chi connectivity index (χ2v) is 4.25. The monoisotopic (exact) mass is 298 g/mol. The molecule has 2 aromatic rings. The van der Waals surface area contributed by atoms with Gasteiger partial charge in [0, 0.05) is 17.5 Å². The van der Waals surface area contributed by atoms with E-state index in [-0.39, 0.29) is 17.9 Å². The molecule has 0 amide bonds. The largest absolute Gasteiger partial charge is 0.502 e. The third-order valence-corrected chi connectivity index (χ3v) is 2.68. The zero-order valence-corrected chi connectivity index (χ0v) is 11.3. The third kappa shape index (κ3) is 3.18. The molecule has 1 aromatic carbocycles. The summed E-state index contributed by atoms with van der Waals surface area (Å²) in [4.78, 5) is 22.3. The van der Waals surface area contributed by atoms with Gasteiger partial charge < -0.3 is 13.9 Å². The number of alkyl halides is 2. The first kappa shape index (κ1) is 15.0. The van der Waals surface area contributed by atoms with Gasteiger partial charge in [-0.25, -0.2) is 9.59 Å². The summed E-state index contributed by atoms with van der Waals surface area (Å²) >= 11 is 0. The lowest BCUT2D eigenvalue weighted by molar-refractivity contribution is -0.216. The molecule has 0 aliphatic rings. The Morgan fingerprint density at radius 2 is 2.05 bits per heavy atom. The Labute approximate surface area is 118 Å². The molecular formula is C14H12F2O5. The Bertz CT molecular complexity index is 736. The average molecular weight is 298 g/mol. The molecule has 5 nitrogen and oxygen atoms in total. The Hall–Kier alpha value is -2.44. The summed E-state index contributed by atoms with van der Waals surface area (Å²) in [7, 11) is 0. The summed E-state index contributed by atoms with van der Waals surface area (Å²) in [5, 5.41) is 0.585. The second-order valence-electron chi connectivity index (χ2n) is 4.25. The zero-order chi connectivity index (χ0) is 15.6. The Morgan fingerprint density at radius 3 is 2.71 bits per heavy atom. The highest BCUT2D eigenvalue weighted by molar-refractivity contribution is 5.81. The molecule has 21 heavy (non-hydrogen) atoms. The van der Waals surface area contributed by atoms with Crippen LogP contribution >= 0.6 is 0 Å². The molecule has 0 bridgehead atoms. The van der Waals surface area contributed by atoms with Crippen LogP contribution in [-0.2, 0) is 9.53 Å². The Morgan fingerprint density at radius 1 is 1.33 bits per heavy atom. The zero-order valence-electron chi connectivity index (χ0n) is 11.3. The van der Waals surface area contributed by atoms with Crippen molar-refractivity contribution >= 4 is 16.9 Å². The van der Waals surface area contributed by atoms with Crippen LogP contribution in [0.3, 0.4) is 0 Å². The van der Waals surface area contributed by atoms with Crippen LogP contribution in [0.15, 0.2) is 33.5 Å². The van der Waals surface area contributed by atoms with Crippen molar-refractivity contribution in [1.82, 2.24) is 0 Å². The van der Waals surface area contributed by atoms with Crippen molar-refractivity contribution in [3.05, 3.63) is 40.2 Å². The Balaban J connectivity index is 2.35. The number of benzene rings is 1. The lowest BCUT2D eigenvalue weighted by Gasteiger charge is -2.16. The number of hydrogen-bond acceptors (Lipinski definition) is 5. The quantitative estimate of drug-likeness (QED) is 0.641. The number of fused-ring (bicyclic) bond motifs is 1. The maximum Gasteiger partial charge on any atom is 0.502 e. The summed E-state index contributed by atoms with van der Waals surface area (Å²) in [6, 6.07) is 5.12. The van der Waals surface area contributed by atoms with Crippen molar-refractivity contribution < 1.29 is 27.5 Å². The number of carbonyl (C=O) groups is 1. The highest BCUT2D eigenvalue weighted by Crippen LogP contribution is 2.27. The minimum Gasteiger partial charge on any atom is -0.459 e. The molecule has 7 heteroatoms. The SMILES string of the molecule is CCOC(=O)C(F)(F)Oc1ccc2c(C)cc(=O)oc2c1. The lowest BCUT2D eigenvalue weighted by Crippen LogP contribution is -2.36. The predicted molar refractivity (Wildman–Crippen MR) is 69.4 cm³/mol. The lowest BCUT2D eigenvalue weighted by atomic mass is 10.1. The van der Waals surface area contributed by atoms with Crippen molar-refractivity contribution in [2.24, 2.45) is 0 Å². The summed E-state index contributed by atoms with van der Waals surface area (Å²) < 4.78 is 40.4. The van der Waals surface area contributed by atoms with Crippen molar-refractivity contribution in [1.29, 1.82) is 0 Å². The van der Waals surface area contributed by atoms with Gasteiger partial charge in [-0.3, -0.25) is 0 Å². The molecule has 0 aliphatic heterocycles. The first-order chi connectivity index (χ1) is 9.83. The van der Waals surface area contributed by atoms with Crippen LogP contribution in [0.1, 0.15) is 12.5 Å². The molecule has 1 heterocycles. The van der Waals surface area contributed by atoms with Gasteiger partial charge in [0.05, 0.1) is 6.61 Å². The van der Waals surface area contributed by atoms with Gasteiger partial charge in [-0.15, -0.1) is 0 Å². The third-order valence-electron chi connectivity index (χ3n) is 2.68. The molecule has 0 radical (unpaired) electrons. The fourth-order valence-corrected chi connectivity index (χ4v) is 1.77. The van der Waals surface area contributed by atoms with Crippen LogP contribution in [0.5, 0.6) is 5.75 Å². The minimum absolute atomic E-state index is 0.0946. The number of esters is 1. The number of carbonyl (C=O) groups excluding carboxylic acids is 1. The van der Waals surface area contributed by atoms with E-state index in [1.165, 1.54) is 25.1 Å². The molecule has 2 rings (SSSR count). The summed E-state index contributed by atoms with van der Waals surface area (Å²) in [5.41, 5.74) is 0.136. The highest BCUT2D eigenvalue weighted by Gasteiger charge is 2.44. The molecule has 0 unspecified atom stereocenters. The van der Waals surface area contributed by atoms with Crippen LogP contribution < -0.4 is 10.4 Å². The van der Waals surface area contributed by atoms with E-state index >= 15 is 0 Å². The fraction of sp³-hybridized carbons (Fsp3) is 0.286. The van der Waals surface area contributed by atoms with Crippen LogP contribution in [0.2, 0.25) is 0 Å². The minimum atomic E-state index is -4.12. The standard InChI is InChI=1S/C14H12F2O5/c1-3-19-13(18)14(15,16)21-9-4-5-10-8(2)6-12(17)20-11(10)7-9/h4-7H,3H2,1-2H3. The maximum absolute atomic E-state index is 13.5. The number of halogens is 2. The molecule has 0 saturated carbocycles. The van der Waals surface area contributed by atoms with E-state index in [1.54, 1.807) is 6.92 Å². The smallest absolute Gasteiger partial charge is 0.459 e. The van der Waals surface area contributed by atoms with Gasteiger partial charge in [-0.05, 0) is 31.5 Å². The highest BCUT2D eigenvalue weighted by atomic mass is 19.3. The molecule has 112 valence electrons. The molecule has 0 aliphatic carbocycles. The average Bonchev–Trinajstić information content (AvgIpc) is 2.37. The van der Waals surface area contributed by atoms with E-state index in [2.05, 4.69) is 9.47 Å². The van der Waals surface area contributed by atoms with Crippen LogP contribution in [0.4, 0.5) is 8.78 Å². The van der Waals surface area contributed by atoms with E-state index in [4.69, 9.17) is 4.42 Å². The number of ether oxygens (including phenoxy) is 2. The molecule has 0 atom stereocenters. The summed E-state index contributed by atoms with van der Waals surface area (Å²) in [5.74, 6) is -2.09. The number of aryl methyl sites for hydroxylation is 1. The van der Waals surface area contributed by atoms with E-state index in [1.807, 2.05) is 0 Å². The van der Waals surface area contributed by atoms with Crippen LogP contribution in [0, 0.1) is 6.92 Å². The van der Waals surface area contributed by atoms with Crippen LogP contribution in [0.25, 0.3) is 11.0 Å². The van der Waals surface area contributed by atoms with Crippen LogP contribution in [-0.4, -0.2) is 18.7 Å². The maximum atomic E-state index is 13.5. The second kappa shape index (κ2) is 5.51. The van der Waals surface area contributed by atoms with E-state index < -0.39 is 17.7 Å². The van der Waals surface area contributed by atoms with Crippen molar-refractivity contribution in [3.8, 4) is 5.75 Å². The van der Waals surface area contributed by atoms with Gasteiger partial charge in [-0.2, -0.15) is 8.78 Å². The van der Waals surface area contributed by atoms with Crippen molar-refractivity contribution in [2.75, 3.05) is 6.61 Å². The van der Waals surface area contributed by atoms with Crippen molar-refractivity contribution in [3.63, 3.8) is 0 Å². The van der Waals surface area contributed by atoms with E-state index in [9.17, 15) is 18.4 Å². The Kier molecular flexibility index (Phi) is 3.93. The molecular weight excluding hydrogens is 286 g/mol. The van der Waals surface area contributed by atoms with Gasteiger partial charge in [0.1, 0.15) is 11.3 Å². The first-order valence-electron chi connectivity index (χ1n) is 6.12. The number of hydrogen-bond donors (Lipinski definition) is 0. The summed E-state index contributed by atoms with van der Waals surface area (Å²) in [6.07, 6.45) is -4.12. The van der Waals surface area contributed by atoms with Gasteiger partial charge in [0.25, 0.3) is 0 Å².